The number of methoxy groups -OCH3 is 1. The van der Waals surface area contributed by atoms with Crippen LogP contribution in [0.3, 0.4) is 0 Å². The van der Waals surface area contributed by atoms with Gasteiger partial charge in [-0.3, -0.25) is 4.79 Å². The van der Waals surface area contributed by atoms with E-state index in [0.29, 0.717) is 6.42 Å². The molecule has 2 unspecified atom stereocenters. The van der Waals surface area contributed by atoms with Gasteiger partial charge in [0, 0.05) is 13.7 Å². The maximum atomic E-state index is 11.8. The molecule has 0 radical (unpaired) electrons. The molecule has 106 valence electrons. The van der Waals surface area contributed by atoms with E-state index in [9.17, 15) is 14.7 Å². The van der Waals surface area contributed by atoms with Gasteiger partial charge in [-0.25, -0.2) is 4.79 Å². The Bertz CT molecular complexity index is 266. The van der Waals surface area contributed by atoms with Gasteiger partial charge < -0.3 is 26.2 Å². The van der Waals surface area contributed by atoms with Gasteiger partial charge >= 0.3 is 6.03 Å². The standard InChI is InChI=1S/C10H21N3O4S/c1-17-6-7(14)5-12-9(15)8(3-4-18-2)13-10(11)16/h7-8,14H,3-6H2,1-2H3,(H,12,15)(H3,11,13,16). The number of nitrogens with two attached hydrogens (primary N) is 1. The average molecular weight is 279 g/mol. The monoisotopic (exact) mass is 279 g/mol. The zero-order valence-electron chi connectivity index (χ0n) is 10.6. The number of hydrogen-bond donors (Lipinski definition) is 4. The number of carbonyl (C=O) groups is 2. The van der Waals surface area contributed by atoms with Gasteiger partial charge in [0.2, 0.25) is 5.91 Å². The van der Waals surface area contributed by atoms with Crippen molar-refractivity contribution in [3.8, 4) is 0 Å². The molecule has 0 aliphatic heterocycles. The van der Waals surface area contributed by atoms with E-state index in [2.05, 4.69) is 10.6 Å². The lowest BCUT2D eigenvalue weighted by atomic mass is 10.2. The maximum absolute atomic E-state index is 11.8. The number of nitrogens with one attached hydrogen (secondary N) is 2. The number of hydrogen-bond acceptors (Lipinski definition) is 5. The molecule has 8 heteroatoms. The summed E-state index contributed by atoms with van der Waals surface area (Å²) in [6.07, 6.45) is 1.62. The summed E-state index contributed by atoms with van der Waals surface area (Å²) in [6.45, 7) is 0.210. The summed E-state index contributed by atoms with van der Waals surface area (Å²) in [6, 6.07) is -1.42. The van der Waals surface area contributed by atoms with E-state index < -0.39 is 18.2 Å². The molecule has 0 spiro atoms. The molecule has 0 aliphatic rings. The van der Waals surface area contributed by atoms with Crippen molar-refractivity contribution in [3.63, 3.8) is 0 Å². The third kappa shape index (κ3) is 8.15. The van der Waals surface area contributed by atoms with Crippen LogP contribution < -0.4 is 16.4 Å². The number of urea groups is 1. The first-order valence-electron chi connectivity index (χ1n) is 5.50. The molecule has 7 nitrogen and oxygen atoms in total. The molecule has 0 fully saturated rings. The molecule has 0 saturated carbocycles. The molecule has 0 aromatic heterocycles. The molecule has 0 aromatic carbocycles. The first-order valence-corrected chi connectivity index (χ1v) is 6.90. The van der Waals surface area contributed by atoms with Gasteiger partial charge in [0.05, 0.1) is 12.7 Å². The summed E-state index contributed by atoms with van der Waals surface area (Å²) in [5.74, 6) is 0.358. The van der Waals surface area contributed by atoms with Crippen LogP contribution >= 0.6 is 11.8 Å². The largest absolute Gasteiger partial charge is 0.389 e. The predicted molar refractivity (Wildman–Crippen MR) is 70.4 cm³/mol. The van der Waals surface area contributed by atoms with E-state index in [4.69, 9.17) is 10.5 Å². The van der Waals surface area contributed by atoms with Crippen LogP contribution in [0, 0.1) is 0 Å². The number of primary amides is 1. The third-order valence-corrected chi connectivity index (χ3v) is 2.76. The highest BCUT2D eigenvalue weighted by molar-refractivity contribution is 7.98. The van der Waals surface area contributed by atoms with Crippen LogP contribution in [-0.4, -0.2) is 61.5 Å². The lowest BCUT2D eigenvalue weighted by Gasteiger charge is -2.18. The maximum Gasteiger partial charge on any atom is 0.312 e. The van der Waals surface area contributed by atoms with Crippen molar-refractivity contribution < 1.29 is 19.4 Å². The minimum Gasteiger partial charge on any atom is -0.389 e. The molecular formula is C10H21N3O4S. The zero-order valence-corrected chi connectivity index (χ0v) is 11.5. The fourth-order valence-corrected chi connectivity index (χ4v) is 1.74. The Morgan fingerprint density at radius 2 is 2.17 bits per heavy atom. The number of aliphatic hydroxyl groups is 1. The summed E-state index contributed by atoms with van der Waals surface area (Å²) in [5, 5.41) is 14.3. The average Bonchev–Trinajstić information content (AvgIpc) is 2.31. The fraction of sp³-hybridized carbons (Fsp3) is 0.800. The molecule has 0 saturated heterocycles. The molecule has 0 aromatic rings. The van der Waals surface area contributed by atoms with Crippen LogP contribution in [-0.2, 0) is 9.53 Å². The second kappa shape index (κ2) is 9.98. The van der Waals surface area contributed by atoms with Gasteiger partial charge in [-0.05, 0) is 18.4 Å². The Hall–Kier alpha value is -0.990. The van der Waals surface area contributed by atoms with E-state index >= 15 is 0 Å². The highest BCUT2D eigenvalue weighted by atomic mass is 32.2. The van der Waals surface area contributed by atoms with Crippen molar-refractivity contribution in [2.45, 2.75) is 18.6 Å². The van der Waals surface area contributed by atoms with Crippen LogP contribution in [0.5, 0.6) is 0 Å². The van der Waals surface area contributed by atoms with E-state index in [1.54, 1.807) is 11.8 Å². The molecule has 0 aliphatic carbocycles. The molecule has 0 heterocycles. The summed E-state index contributed by atoms with van der Waals surface area (Å²) >= 11 is 1.57. The van der Waals surface area contributed by atoms with Gasteiger partial charge in [0.15, 0.2) is 0 Å². The predicted octanol–water partition coefficient (Wildman–Crippen LogP) is -1.10. The lowest BCUT2D eigenvalue weighted by Crippen LogP contribution is -2.50. The Balaban J connectivity index is 4.14. The molecule has 18 heavy (non-hydrogen) atoms. The van der Waals surface area contributed by atoms with Crippen molar-refractivity contribution in [2.75, 3.05) is 32.3 Å². The minimum absolute atomic E-state index is 0.0723. The Kier molecular flexibility index (Phi) is 9.43. The number of ether oxygens (including phenoxy) is 1. The molecule has 3 amide bonds. The van der Waals surface area contributed by atoms with E-state index in [1.807, 2.05) is 6.26 Å². The Labute approximate surface area is 111 Å². The zero-order chi connectivity index (χ0) is 14.0. The van der Waals surface area contributed by atoms with Gasteiger partial charge in [0.1, 0.15) is 6.04 Å². The number of amides is 3. The SMILES string of the molecule is COCC(O)CNC(=O)C(CCSC)NC(N)=O. The molecular weight excluding hydrogens is 258 g/mol. The summed E-state index contributed by atoms with van der Waals surface area (Å²) in [4.78, 5) is 22.5. The van der Waals surface area contributed by atoms with Crippen LogP contribution in [0.25, 0.3) is 0 Å². The van der Waals surface area contributed by atoms with E-state index in [1.165, 1.54) is 7.11 Å². The first kappa shape index (κ1) is 17.0. The Morgan fingerprint density at radius 1 is 1.50 bits per heavy atom. The lowest BCUT2D eigenvalue weighted by molar-refractivity contribution is -0.123. The Morgan fingerprint density at radius 3 is 2.67 bits per heavy atom. The molecule has 2 atom stereocenters. The topological polar surface area (TPSA) is 114 Å². The van der Waals surface area contributed by atoms with Gasteiger partial charge in [-0.1, -0.05) is 0 Å². The van der Waals surface area contributed by atoms with Gasteiger partial charge in [-0.2, -0.15) is 11.8 Å². The molecule has 0 bridgehead atoms. The van der Waals surface area contributed by atoms with Crippen LogP contribution in [0.4, 0.5) is 4.79 Å². The van der Waals surface area contributed by atoms with E-state index in [-0.39, 0.29) is 19.1 Å². The summed E-state index contributed by atoms with van der Waals surface area (Å²) in [7, 11) is 1.46. The number of rotatable bonds is 9. The van der Waals surface area contributed by atoms with Crippen molar-refractivity contribution >= 4 is 23.7 Å². The van der Waals surface area contributed by atoms with Crippen molar-refractivity contribution in [1.82, 2.24) is 10.6 Å². The molecule has 5 N–H and O–H groups in total. The van der Waals surface area contributed by atoms with Crippen LogP contribution in [0.15, 0.2) is 0 Å². The molecule has 0 rings (SSSR count). The number of aliphatic hydroxyl groups excluding tert-OH is 1. The quantitative estimate of drug-likeness (QED) is 0.428. The van der Waals surface area contributed by atoms with Crippen molar-refractivity contribution in [1.29, 1.82) is 0 Å². The van der Waals surface area contributed by atoms with Crippen LogP contribution in [0.1, 0.15) is 6.42 Å². The second-order valence-corrected chi connectivity index (χ2v) is 4.68. The third-order valence-electron chi connectivity index (χ3n) is 2.11. The number of thioether (sulfide) groups is 1. The van der Waals surface area contributed by atoms with Crippen LogP contribution in [0.2, 0.25) is 0 Å². The fourth-order valence-electron chi connectivity index (χ4n) is 1.27. The van der Waals surface area contributed by atoms with Gasteiger partial charge in [-0.15, -0.1) is 0 Å². The van der Waals surface area contributed by atoms with E-state index in [0.717, 1.165) is 5.75 Å². The van der Waals surface area contributed by atoms with Gasteiger partial charge in [0.25, 0.3) is 0 Å². The van der Waals surface area contributed by atoms with Crippen molar-refractivity contribution in [3.05, 3.63) is 0 Å². The summed E-state index contributed by atoms with van der Waals surface area (Å²) in [5.41, 5.74) is 5.00. The summed E-state index contributed by atoms with van der Waals surface area (Å²) < 4.78 is 4.73. The smallest absolute Gasteiger partial charge is 0.312 e. The highest BCUT2D eigenvalue weighted by Gasteiger charge is 2.19. The minimum atomic E-state index is -0.770. The first-order chi connectivity index (χ1) is 8.51. The second-order valence-electron chi connectivity index (χ2n) is 3.70. The normalized spacial score (nSPS) is 13.7. The van der Waals surface area contributed by atoms with Crippen molar-refractivity contribution in [2.24, 2.45) is 5.73 Å². The highest BCUT2D eigenvalue weighted by Crippen LogP contribution is 2.01. The number of carbonyl (C=O) groups excluding carboxylic acids is 2.